The van der Waals surface area contributed by atoms with E-state index in [1.54, 1.807) is 12.4 Å². The SMILES string of the molecule is O=C(NCCCc1ncc[nH]1)c1cccc(F)c1Cl. The van der Waals surface area contributed by atoms with Gasteiger partial charge in [0, 0.05) is 25.4 Å². The van der Waals surface area contributed by atoms with Crippen molar-refractivity contribution in [3.63, 3.8) is 0 Å². The number of hydrogen-bond donors (Lipinski definition) is 2. The quantitative estimate of drug-likeness (QED) is 0.828. The number of carbonyl (C=O) groups excluding carboxylic acids is 1. The first-order chi connectivity index (χ1) is 9.18. The Morgan fingerprint density at radius 2 is 2.32 bits per heavy atom. The fourth-order valence-corrected chi connectivity index (χ4v) is 1.88. The second kappa shape index (κ2) is 6.33. The normalized spacial score (nSPS) is 10.4. The molecule has 19 heavy (non-hydrogen) atoms. The largest absolute Gasteiger partial charge is 0.352 e. The molecule has 0 saturated heterocycles. The molecule has 1 aromatic carbocycles. The van der Waals surface area contributed by atoms with Crippen molar-refractivity contribution < 1.29 is 9.18 Å². The summed E-state index contributed by atoms with van der Waals surface area (Å²) in [4.78, 5) is 18.9. The van der Waals surface area contributed by atoms with Crippen LogP contribution in [-0.2, 0) is 6.42 Å². The second-order valence-corrected chi connectivity index (χ2v) is 4.37. The summed E-state index contributed by atoms with van der Waals surface area (Å²) >= 11 is 5.73. The van der Waals surface area contributed by atoms with Gasteiger partial charge >= 0.3 is 0 Å². The molecule has 0 fully saturated rings. The third-order valence-corrected chi connectivity index (χ3v) is 3.01. The van der Waals surface area contributed by atoms with Gasteiger partial charge in [-0.1, -0.05) is 17.7 Å². The molecule has 2 aromatic rings. The summed E-state index contributed by atoms with van der Waals surface area (Å²) in [5.41, 5.74) is 0.152. The molecule has 0 bridgehead atoms. The van der Waals surface area contributed by atoms with Crippen LogP contribution in [-0.4, -0.2) is 22.4 Å². The van der Waals surface area contributed by atoms with Crippen LogP contribution in [0, 0.1) is 5.82 Å². The van der Waals surface area contributed by atoms with E-state index in [9.17, 15) is 9.18 Å². The Balaban J connectivity index is 1.83. The molecule has 0 radical (unpaired) electrons. The van der Waals surface area contributed by atoms with Crippen LogP contribution in [0.4, 0.5) is 4.39 Å². The zero-order valence-electron chi connectivity index (χ0n) is 10.1. The molecule has 0 atom stereocenters. The van der Waals surface area contributed by atoms with Gasteiger partial charge in [0.25, 0.3) is 5.91 Å². The van der Waals surface area contributed by atoms with Crippen LogP contribution >= 0.6 is 11.6 Å². The van der Waals surface area contributed by atoms with E-state index in [1.165, 1.54) is 18.2 Å². The molecule has 0 aliphatic heterocycles. The lowest BCUT2D eigenvalue weighted by Gasteiger charge is -2.06. The molecule has 2 N–H and O–H groups in total. The van der Waals surface area contributed by atoms with Crippen LogP contribution in [0.15, 0.2) is 30.6 Å². The number of imidazole rings is 1. The van der Waals surface area contributed by atoms with Crippen molar-refractivity contribution in [3.8, 4) is 0 Å². The Hall–Kier alpha value is -1.88. The van der Waals surface area contributed by atoms with Crippen LogP contribution in [0.25, 0.3) is 0 Å². The molecule has 1 heterocycles. The van der Waals surface area contributed by atoms with Gasteiger partial charge in [0.15, 0.2) is 0 Å². The summed E-state index contributed by atoms with van der Waals surface area (Å²) in [6.07, 6.45) is 4.91. The van der Waals surface area contributed by atoms with Crippen LogP contribution in [0.5, 0.6) is 0 Å². The third kappa shape index (κ3) is 3.54. The first-order valence-corrected chi connectivity index (χ1v) is 6.26. The highest BCUT2D eigenvalue weighted by Gasteiger charge is 2.12. The monoisotopic (exact) mass is 281 g/mol. The number of carbonyl (C=O) groups is 1. The van der Waals surface area contributed by atoms with E-state index in [2.05, 4.69) is 15.3 Å². The lowest BCUT2D eigenvalue weighted by atomic mass is 10.2. The molecule has 0 unspecified atom stereocenters. The number of amides is 1. The van der Waals surface area contributed by atoms with Gasteiger partial charge in [-0.3, -0.25) is 4.79 Å². The minimum absolute atomic E-state index is 0.147. The number of H-pyrrole nitrogens is 1. The molecule has 6 heteroatoms. The number of aromatic amines is 1. The van der Waals surface area contributed by atoms with Gasteiger partial charge in [0.05, 0.1) is 10.6 Å². The topological polar surface area (TPSA) is 57.8 Å². The highest BCUT2D eigenvalue weighted by atomic mass is 35.5. The van der Waals surface area contributed by atoms with Crippen molar-refractivity contribution in [1.29, 1.82) is 0 Å². The van der Waals surface area contributed by atoms with Crippen LogP contribution in [0.3, 0.4) is 0 Å². The fourth-order valence-electron chi connectivity index (χ4n) is 1.67. The number of halogens is 2. The Bertz CT molecular complexity index is 557. The Labute approximate surface area is 115 Å². The van der Waals surface area contributed by atoms with Gasteiger partial charge in [-0.15, -0.1) is 0 Å². The number of nitrogens with zero attached hydrogens (tertiary/aromatic N) is 1. The van der Waals surface area contributed by atoms with E-state index in [-0.39, 0.29) is 16.5 Å². The second-order valence-electron chi connectivity index (χ2n) is 4.00. The van der Waals surface area contributed by atoms with Crippen LogP contribution < -0.4 is 5.32 Å². The van der Waals surface area contributed by atoms with Gasteiger partial charge in [-0.05, 0) is 18.6 Å². The van der Waals surface area contributed by atoms with E-state index in [0.29, 0.717) is 6.54 Å². The number of nitrogens with one attached hydrogen (secondary N) is 2. The van der Waals surface area contributed by atoms with Gasteiger partial charge in [-0.2, -0.15) is 0 Å². The molecular weight excluding hydrogens is 269 g/mol. The smallest absolute Gasteiger partial charge is 0.252 e. The number of hydrogen-bond acceptors (Lipinski definition) is 2. The average molecular weight is 282 g/mol. The van der Waals surface area contributed by atoms with Crippen molar-refractivity contribution >= 4 is 17.5 Å². The van der Waals surface area contributed by atoms with Crippen molar-refractivity contribution in [3.05, 3.63) is 52.8 Å². The van der Waals surface area contributed by atoms with Crippen LogP contribution in [0.2, 0.25) is 5.02 Å². The van der Waals surface area contributed by atoms with E-state index in [4.69, 9.17) is 11.6 Å². The summed E-state index contributed by atoms with van der Waals surface area (Å²) in [6.45, 7) is 0.479. The molecule has 0 saturated carbocycles. The Morgan fingerprint density at radius 3 is 3.05 bits per heavy atom. The van der Waals surface area contributed by atoms with E-state index in [1.807, 2.05) is 0 Å². The first kappa shape index (κ1) is 13.5. The van der Waals surface area contributed by atoms with E-state index < -0.39 is 5.82 Å². The van der Waals surface area contributed by atoms with Gasteiger partial charge < -0.3 is 10.3 Å². The predicted molar refractivity (Wildman–Crippen MR) is 70.7 cm³/mol. The Morgan fingerprint density at radius 1 is 1.47 bits per heavy atom. The molecular formula is C13H13ClFN3O. The maximum atomic E-state index is 13.2. The summed E-state index contributed by atoms with van der Waals surface area (Å²) in [5, 5.41) is 2.55. The maximum absolute atomic E-state index is 13.2. The maximum Gasteiger partial charge on any atom is 0.252 e. The molecule has 0 aliphatic carbocycles. The number of benzene rings is 1. The van der Waals surface area contributed by atoms with Crippen molar-refractivity contribution in [2.24, 2.45) is 0 Å². The van der Waals surface area contributed by atoms with Gasteiger partial charge in [0.1, 0.15) is 11.6 Å². The first-order valence-electron chi connectivity index (χ1n) is 5.89. The minimum Gasteiger partial charge on any atom is -0.352 e. The fraction of sp³-hybridized carbons (Fsp3) is 0.231. The van der Waals surface area contributed by atoms with Crippen LogP contribution in [0.1, 0.15) is 22.6 Å². The molecule has 1 aromatic heterocycles. The average Bonchev–Trinajstić information content (AvgIpc) is 2.91. The standard InChI is InChI=1S/C13H13ClFN3O/c14-12-9(3-1-4-10(12)15)13(19)18-6-2-5-11-16-7-8-17-11/h1,3-4,7-8H,2,5-6H2,(H,16,17)(H,18,19). The van der Waals surface area contributed by atoms with E-state index in [0.717, 1.165) is 18.7 Å². The van der Waals surface area contributed by atoms with Crippen molar-refractivity contribution in [1.82, 2.24) is 15.3 Å². The zero-order chi connectivity index (χ0) is 13.7. The molecule has 4 nitrogen and oxygen atoms in total. The Kier molecular flexibility index (Phi) is 4.52. The summed E-state index contributed by atoms with van der Waals surface area (Å²) in [5.74, 6) is -0.0908. The van der Waals surface area contributed by atoms with Gasteiger partial charge in [0.2, 0.25) is 0 Å². The lowest BCUT2D eigenvalue weighted by Crippen LogP contribution is -2.25. The lowest BCUT2D eigenvalue weighted by molar-refractivity contribution is 0.0953. The zero-order valence-corrected chi connectivity index (χ0v) is 10.9. The highest BCUT2D eigenvalue weighted by molar-refractivity contribution is 6.34. The number of rotatable bonds is 5. The van der Waals surface area contributed by atoms with Crippen molar-refractivity contribution in [2.75, 3.05) is 6.54 Å². The third-order valence-electron chi connectivity index (χ3n) is 2.63. The molecule has 100 valence electrons. The summed E-state index contributed by atoms with van der Waals surface area (Å²) in [7, 11) is 0. The van der Waals surface area contributed by atoms with Crippen molar-refractivity contribution in [2.45, 2.75) is 12.8 Å². The molecule has 1 amide bonds. The summed E-state index contributed by atoms with van der Waals surface area (Å²) in [6, 6.07) is 4.17. The van der Waals surface area contributed by atoms with E-state index >= 15 is 0 Å². The number of aromatic nitrogens is 2. The van der Waals surface area contributed by atoms with Gasteiger partial charge in [-0.25, -0.2) is 9.37 Å². The molecule has 2 rings (SSSR count). The molecule has 0 spiro atoms. The summed E-state index contributed by atoms with van der Waals surface area (Å²) < 4.78 is 13.2. The number of aryl methyl sites for hydroxylation is 1. The minimum atomic E-state index is -0.593. The highest BCUT2D eigenvalue weighted by Crippen LogP contribution is 2.19. The molecule has 0 aliphatic rings. The predicted octanol–water partition coefficient (Wildman–Crippen LogP) is 2.56.